The molecule has 0 unspecified atom stereocenters. The summed E-state index contributed by atoms with van der Waals surface area (Å²) in [6.07, 6.45) is 0. The zero-order valence-electron chi connectivity index (χ0n) is 11.7. The Morgan fingerprint density at radius 3 is 2.65 bits per heavy atom. The van der Waals surface area contributed by atoms with Crippen molar-refractivity contribution in [3.8, 4) is 22.4 Å². The van der Waals surface area contributed by atoms with Crippen LogP contribution in [0.1, 0.15) is 11.1 Å². The predicted molar refractivity (Wildman–Crippen MR) is 83.7 cm³/mol. The average Bonchev–Trinajstić information content (AvgIpc) is 3.07. The molecule has 1 aromatic carbocycles. The number of hydrogen-bond donors (Lipinski definition) is 1. The topological polar surface area (TPSA) is 78.9 Å². The number of aromatic nitrogens is 2. The molecule has 2 aromatic heterocycles. The van der Waals surface area contributed by atoms with E-state index in [1.807, 2.05) is 0 Å². The number of halogens is 1. The minimum Gasteiger partial charge on any atom is -0.504 e. The van der Waals surface area contributed by atoms with Crippen molar-refractivity contribution in [1.82, 2.24) is 9.78 Å². The summed E-state index contributed by atoms with van der Waals surface area (Å²) in [5.74, 6) is -0.799. The highest BCUT2D eigenvalue weighted by Gasteiger charge is 2.18. The van der Waals surface area contributed by atoms with Gasteiger partial charge in [0.15, 0.2) is 11.3 Å². The molecule has 5 nitrogen and oxygen atoms in total. The van der Waals surface area contributed by atoms with E-state index in [9.17, 15) is 14.3 Å². The maximum Gasteiger partial charge on any atom is 0.288 e. The summed E-state index contributed by atoms with van der Waals surface area (Å²) >= 11 is 1.34. The van der Waals surface area contributed by atoms with Crippen LogP contribution in [0, 0.1) is 17.1 Å². The SMILES string of the molecule is N#Cc1c(O)c(-c2cccs2)nn(Cc2ccc(F)cc2)c1=O. The fraction of sp³-hybridized carbons (Fsp3) is 0.0625. The summed E-state index contributed by atoms with van der Waals surface area (Å²) in [7, 11) is 0. The lowest BCUT2D eigenvalue weighted by atomic mass is 10.2. The standard InChI is InChI=1S/C16H10FN3O2S/c17-11-5-3-10(4-6-11)9-20-16(22)12(8-18)15(21)14(19-20)13-2-1-7-23-13/h1-7,21H,9H2. The molecule has 3 aromatic rings. The van der Waals surface area contributed by atoms with E-state index in [1.165, 1.54) is 35.6 Å². The van der Waals surface area contributed by atoms with Crippen molar-refractivity contribution in [3.05, 3.63) is 69.1 Å². The van der Waals surface area contributed by atoms with Gasteiger partial charge >= 0.3 is 0 Å². The normalized spacial score (nSPS) is 10.4. The second-order valence-electron chi connectivity index (χ2n) is 4.75. The van der Waals surface area contributed by atoms with Crippen LogP contribution in [0.5, 0.6) is 5.75 Å². The largest absolute Gasteiger partial charge is 0.504 e. The molecular formula is C16H10FN3O2S. The van der Waals surface area contributed by atoms with E-state index in [0.717, 1.165) is 4.68 Å². The number of benzene rings is 1. The Bertz CT molecular complexity index is 941. The van der Waals surface area contributed by atoms with Gasteiger partial charge in [-0.3, -0.25) is 4.79 Å². The molecule has 0 amide bonds. The number of aromatic hydroxyl groups is 1. The first-order valence-corrected chi connectivity index (χ1v) is 7.50. The molecule has 0 aliphatic heterocycles. The molecule has 0 saturated heterocycles. The predicted octanol–water partition coefficient (Wildman–Crippen LogP) is 2.74. The molecule has 7 heteroatoms. The van der Waals surface area contributed by atoms with Crippen molar-refractivity contribution in [2.75, 3.05) is 0 Å². The van der Waals surface area contributed by atoms with E-state index in [2.05, 4.69) is 5.10 Å². The molecule has 0 spiro atoms. The van der Waals surface area contributed by atoms with Gasteiger partial charge in [-0.2, -0.15) is 10.4 Å². The highest BCUT2D eigenvalue weighted by atomic mass is 32.1. The smallest absolute Gasteiger partial charge is 0.288 e. The first-order valence-electron chi connectivity index (χ1n) is 6.62. The second kappa shape index (κ2) is 6.02. The number of thiophene rings is 1. The van der Waals surface area contributed by atoms with Gasteiger partial charge in [0.1, 0.15) is 17.6 Å². The summed E-state index contributed by atoms with van der Waals surface area (Å²) in [4.78, 5) is 12.9. The Labute approximate surface area is 134 Å². The van der Waals surface area contributed by atoms with E-state index >= 15 is 0 Å². The van der Waals surface area contributed by atoms with Crippen LogP contribution in [0.15, 0.2) is 46.6 Å². The lowest BCUT2D eigenvalue weighted by Gasteiger charge is -2.09. The van der Waals surface area contributed by atoms with Gasteiger partial charge < -0.3 is 5.11 Å². The van der Waals surface area contributed by atoms with Gasteiger partial charge in [0.05, 0.1) is 11.4 Å². The average molecular weight is 327 g/mol. The van der Waals surface area contributed by atoms with Crippen molar-refractivity contribution in [1.29, 1.82) is 5.26 Å². The molecule has 0 atom stereocenters. The third kappa shape index (κ3) is 2.84. The Morgan fingerprint density at radius 2 is 2.04 bits per heavy atom. The van der Waals surface area contributed by atoms with Crippen molar-refractivity contribution in [2.45, 2.75) is 6.54 Å². The van der Waals surface area contributed by atoms with Crippen LogP contribution in [0.4, 0.5) is 4.39 Å². The monoisotopic (exact) mass is 327 g/mol. The molecule has 1 N–H and O–H groups in total. The zero-order valence-corrected chi connectivity index (χ0v) is 12.5. The highest BCUT2D eigenvalue weighted by molar-refractivity contribution is 7.13. The fourth-order valence-corrected chi connectivity index (χ4v) is 2.82. The quantitative estimate of drug-likeness (QED) is 0.802. The van der Waals surface area contributed by atoms with Gasteiger partial charge in [0, 0.05) is 0 Å². The Hall–Kier alpha value is -2.98. The first kappa shape index (κ1) is 14.9. The first-order chi connectivity index (χ1) is 11.1. The van der Waals surface area contributed by atoms with Crippen LogP contribution >= 0.6 is 11.3 Å². The molecule has 23 heavy (non-hydrogen) atoms. The van der Waals surface area contributed by atoms with Crippen molar-refractivity contribution in [3.63, 3.8) is 0 Å². The van der Waals surface area contributed by atoms with Crippen molar-refractivity contribution < 1.29 is 9.50 Å². The molecule has 0 aliphatic carbocycles. The van der Waals surface area contributed by atoms with Crippen molar-refractivity contribution >= 4 is 11.3 Å². The molecule has 0 saturated carbocycles. The van der Waals surface area contributed by atoms with Crippen LogP contribution in [0.2, 0.25) is 0 Å². The third-order valence-corrected chi connectivity index (χ3v) is 4.12. The Morgan fingerprint density at radius 1 is 1.30 bits per heavy atom. The molecule has 0 bridgehead atoms. The van der Waals surface area contributed by atoms with Gasteiger partial charge in [-0.15, -0.1) is 11.3 Å². The zero-order chi connectivity index (χ0) is 16.4. The van der Waals surface area contributed by atoms with Crippen molar-refractivity contribution in [2.24, 2.45) is 0 Å². The van der Waals surface area contributed by atoms with Crippen LogP contribution in [-0.4, -0.2) is 14.9 Å². The van der Waals surface area contributed by atoms with Crippen LogP contribution in [0.25, 0.3) is 10.6 Å². The molecule has 0 radical (unpaired) electrons. The molecule has 0 aliphatic rings. The molecule has 2 heterocycles. The van der Waals surface area contributed by atoms with Gasteiger partial charge in [-0.05, 0) is 29.1 Å². The lowest BCUT2D eigenvalue weighted by Crippen LogP contribution is -2.26. The highest BCUT2D eigenvalue weighted by Crippen LogP contribution is 2.31. The third-order valence-electron chi connectivity index (χ3n) is 3.24. The minimum absolute atomic E-state index is 0.0758. The molecule has 0 fully saturated rings. The van der Waals surface area contributed by atoms with Crippen LogP contribution in [-0.2, 0) is 6.54 Å². The molecule has 3 rings (SSSR count). The lowest BCUT2D eigenvalue weighted by molar-refractivity contribution is 0.463. The second-order valence-corrected chi connectivity index (χ2v) is 5.70. The number of hydrogen-bond acceptors (Lipinski definition) is 5. The van der Waals surface area contributed by atoms with E-state index in [0.29, 0.717) is 10.4 Å². The van der Waals surface area contributed by atoms with E-state index in [-0.39, 0.29) is 23.6 Å². The van der Waals surface area contributed by atoms with Crippen LogP contribution < -0.4 is 5.56 Å². The maximum absolute atomic E-state index is 13.0. The Kier molecular flexibility index (Phi) is 3.91. The number of nitriles is 1. The van der Waals surface area contributed by atoms with Gasteiger partial charge in [-0.1, -0.05) is 18.2 Å². The van der Waals surface area contributed by atoms with Gasteiger partial charge in [0.25, 0.3) is 5.56 Å². The maximum atomic E-state index is 13.0. The van der Waals surface area contributed by atoms with Gasteiger partial charge in [-0.25, -0.2) is 9.07 Å². The summed E-state index contributed by atoms with van der Waals surface area (Å²) < 4.78 is 14.1. The summed E-state index contributed by atoms with van der Waals surface area (Å²) in [5, 5.41) is 25.2. The van der Waals surface area contributed by atoms with Gasteiger partial charge in [0.2, 0.25) is 0 Å². The number of nitrogens with zero attached hydrogens (tertiary/aromatic N) is 3. The summed E-state index contributed by atoms with van der Waals surface area (Å²) in [6.45, 7) is 0.0758. The van der Waals surface area contributed by atoms with E-state index < -0.39 is 11.3 Å². The minimum atomic E-state index is -0.686. The van der Waals surface area contributed by atoms with Crippen LogP contribution in [0.3, 0.4) is 0 Å². The molecule has 114 valence electrons. The van der Waals surface area contributed by atoms with E-state index in [4.69, 9.17) is 5.26 Å². The fourth-order valence-electron chi connectivity index (χ4n) is 2.11. The summed E-state index contributed by atoms with van der Waals surface area (Å²) in [5.41, 5.74) is -0.203. The molecular weight excluding hydrogens is 317 g/mol. The Balaban J connectivity index is 2.13. The number of rotatable bonds is 3. The summed E-state index contributed by atoms with van der Waals surface area (Å²) in [6, 6.07) is 10.9. The van der Waals surface area contributed by atoms with E-state index in [1.54, 1.807) is 23.6 Å².